The largest absolute Gasteiger partial charge is 0.497 e. The first-order chi connectivity index (χ1) is 14.0. The summed E-state index contributed by atoms with van der Waals surface area (Å²) in [6.45, 7) is 3.20. The van der Waals surface area contributed by atoms with E-state index in [0.29, 0.717) is 5.75 Å². The number of carbonyl (C=O) groups excluding carboxylic acids is 1. The van der Waals surface area contributed by atoms with Crippen molar-refractivity contribution in [3.63, 3.8) is 0 Å². The number of rotatable bonds is 10. The van der Waals surface area contributed by atoms with Gasteiger partial charge in [-0.05, 0) is 50.2 Å². The van der Waals surface area contributed by atoms with Crippen molar-refractivity contribution in [1.29, 1.82) is 0 Å². The van der Waals surface area contributed by atoms with Gasteiger partial charge in [-0.3, -0.25) is 4.79 Å². The van der Waals surface area contributed by atoms with Gasteiger partial charge in [0.15, 0.2) is 0 Å². The van der Waals surface area contributed by atoms with Crippen molar-refractivity contribution in [2.45, 2.75) is 29.7 Å². The van der Waals surface area contributed by atoms with Gasteiger partial charge < -0.3 is 10.1 Å². The second-order valence-electron chi connectivity index (χ2n) is 6.52. The van der Waals surface area contributed by atoms with Crippen LogP contribution in [0.2, 0.25) is 0 Å². The predicted molar refractivity (Wildman–Crippen MR) is 112 cm³/mol. The summed E-state index contributed by atoms with van der Waals surface area (Å²) in [5.74, 6) is -0.0746. The third kappa shape index (κ3) is 6.52. The van der Waals surface area contributed by atoms with Gasteiger partial charge in [0.25, 0.3) is 0 Å². The molecule has 164 valence electrons. The first kappa shape index (κ1) is 23.8. The number of hydrogen-bond donors (Lipinski definition) is 3. The SMILES string of the molecule is COc1ccc(S(=O)(=O)N[C@@H](C)C(=O)NCCNS(=O)(=O)c2ccc(C)cc2)cc1. The zero-order valence-electron chi connectivity index (χ0n) is 16.9. The average Bonchev–Trinajstić information content (AvgIpc) is 2.71. The van der Waals surface area contributed by atoms with Gasteiger partial charge in [-0.25, -0.2) is 21.6 Å². The predicted octanol–water partition coefficient (Wildman–Crippen LogP) is 0.765. The average molecular weight is 456 g/mol. The van der Waals surface area contributed by atoms with Crippen LogP contribution in [0.3, 0.4) is 0 Å². The van der Waals surface area contributed by atoms with Crippen LogP contribution in [0.15, 0.2) is 58.3 Å². The van der Waals surface area contributed by atoms with Crippen molar-refractivity contribution < 1.29 is 26.4 Å². The minimum absolute atomic E-state index is 0.00146. The van der Waals surface area contributed by atoms with Crippen LogP contribution >= 0.6 is 0 Å². The van der Waals surface area contributed by atoms with Gasteiger partial charge in [0.2, 0.25) is 26.0 Å². The molecule has 0 heterocycles. The number of hydrogen-bond acceptors (Lipinski definition) is 6. The molecule has 0 aliphatic carbocycles. The molecule has 3 N–H and O–H groups in total. The first-order valence-corrected chi connectivity index (χ1v) is 12.0. The number of sulfonamides is 2. The van der Waals surface area contributed by atoms with E-state index in [0.717, 1.165) is 5.56 Å². The molecule has 11 heteroatoms. The Hall–Kier alpha value is -2.47. The first-order valence-electron chi connectivity index (χ1n) is 9.05. The Morgan fingerprint density at radius 2 is 1.43 bits per heavy atom. The van der Waals surface area contributed by atoms with Gasteiger partial charge in [0, 0.05) is 13.1 Å². The Morgan fingerprint density at radius 3 is 2.00 bits per heavy atom. The number of amides is 1. The molecular formula is C19H25N3O6S2. The lowest BCUT2D eigenvalue weighted by molar-refractivity contribution is -0.122. The Balaban J connectivity index is 1.84. The molecule has 30 heavy (non-hydrogen) atoms. The molecule has 0 fully saturated rings. The van der Waals surface area contributed by atoms with E-state index >= 15 is 0 Å². The molecule has 0 aliphatic heterocycles. The summed E-state index contributed by atoms with van der Waals surface area (Å²) < 4.78 is 58.8. The minimum Gasteiger partial charge on any atom is -0.497 e. The van der Waals surface area contributed by atoms with E-state index in [-0.39, 0.29) is 22.9 Å². The highest BCUT2D eigenvalue weighted by molar-refractivity contribution is 7.89. The summed E-state index contributed by atoms with van der Waals surface area (Å²) in [6.07, 6.45) is 0. The topological polar surface area (TPSA) is 131 Å². The minimum atomic E-state index is -3.90. The Bertz CT molecular complexity index is 1070. The lowest BCUT2D eigenvalue weighted by atomic mass is 10.2. The number of aryl methyl sites for hydroxylation is 1. The molecule has 0 aliphatic rings. The van der Waals surface area contributed by atoms with Crippen molar-refractivity contribution in [2.24, 2.45) is 0 Å². The maximum atomic E-state index is 12.4. The van der Waals surface area contributed by atoms with E-state index in [2.05, 4.69) is 14.8 Å². The fourth-order valence-corrected chi connectivity index (χ4v) is 4.67. The van der Waals surface area contributed by atoms with E-state index in [1.165, 1.54) is 50.4 Å². The van der Waals surface area contributed by atoms with Crippen molar-refractivity contribution in [3.05, 3.63) is 54.1 Å². The third-order valence-corrected chi connectivity index (χ3v) is 7.18. The highest BCUT2D eigenvalue weighted by atomic mass is 32.2. The van der Waals surface area contributed by atoms with E-state index in [9.17, 15) is 21.6 Å². The highest BCUT2D eigenvalue weighted by Gasteiger charge is 2.22. The maximum absolute atomic E-state index is 12.4. The van der Waals surface area contributed by atoms with Crippen LogP contribution in [0, 0.1) is 6.92 Å². The number of ether oxygens (including phenoxy) is 1. The molecule has 1 atom stereocenters. The van der Waals surface area contributed by atoms with E-state index < -0.39 is 32.0 Å². The summed E-state index contributed by atoms with van der Waals surface area (Å²) in [5.41, 5.74) is 0.937. The molecule has 1 amide bonds. The van der Waals surface area contributed by atoms with Crippen LogP contribution in [0.4, 0.5) is 0 Å². The Morgan fingerprint density at radius 1 is 0.900 bits per heavy atom. The van der Waals surface area contributed by atoms with Crippen LogP contribution < -0.4 is 19.5 Å². The molecule has 0 spiro atoms. The van der Waals surface area contributed by atoms with Crippen LogP contribution in [0.1, 0.15) is 12.5 Å². The lowest BCUT2D eigenvalue weighted by Crippen LogP contribution is -2.46. The molecule has 0 aromatic heterocycles. The molecular weight excluding hydrogens is 430 g/mol. The molecule has 2 aromatic carbocycles. The van der Waals surface area contributed by atoms with Gasteiger partial charge in [0.1, 0.15) is 5.75 Å². The zero-order valence-corrected chi connectivity index (χ0v) is 18.5. The van der Waals surface area contributed by atoms with Crippen molar-refractivity contribution >= 4 is 26.0 Å². The van der Waals surface area contributed by atoms with Gasteiger partial charge in [-0.15, -0.1) is 0 Å². The van der Waals surface area contributed by atoms with E-state index in [1.54, 1.807) is 12.1 Å². The molecule has 9 nitrogen and oxygen atoms in total. The summed E-state index contributed by atoms with van der Waals surface area (Å²) in [7, 11) is -6.12. The highest BCUT2D eigenvalue weighted by Crippen LogP contribution is 2.15. The maximum Gasteiger partial charge on any atom is 0.241 e. The van der Waals surface area contributed by atoms with Crippen molar-refractivity contribution in [3.8, 4) is 5.75 Å². The quantitative estimate of drug-likeness (QED) is 0.454. The smallest absolute Gasteiger partial charge is 0.241 e. The fraction of sp³-hybridized carbons (Fsp3) is 0.316. The molecule has 0 saturated carbocycles. The lowest BCUT2D eigenvalue weighted by Gasteiger charge is -2.15. The van der Waals surface area contributed by atoms with Gasteiger partial charge in [-0.2, -0.15) is 4.72 Å². The fourth-order valence-electron chi connectivity index (χ4n) is 2.43. The van der Waals surface area contributed by atoms with Gasteiger partial charge in [0.05, 0.1) is 22.9 Å². The number of methoxy groups -OCH3 is 1. The number of benzene rings is 2. The third-order valence-electron chi connectivity index (χ3n) is 4.14. The van der Waals surface area contributed by atoms with Crippen LogP contribution in [0.5, 0.6) is 5.75 Å². The van der Waals surface area contributed by atoms with Gasteiger partial charge in [-0.1, -0.05) is 17.7 Å². The summed E-state index contributed by atoms with van der Waals surface area (Å²) in [6, 6.07) is 11.0. The molecule has 2 aromatic rings. The summed E-state index contributed by atoms with van der Waals surface area (Å²) >= 11 is 0. The second-order valence-corrected chi connectivity index (χ2v) is 10.0. The van der Waals surface area contributed by atoms with Crippen LogP contribution in [-0.4, -0.2) is 49.0 Å². The van der Waals surface area contributed by atoms with Crippen LogP contribution in [-0.2, 0) is 24.8 Å². The zero-order chi connectivity index (χ0) is 22.4. The van der Waals surface area contributed by atoms with E-state index in [1.807, 2.05) is 6.92 Å². The van der Waals surface area contributed by atoms with Gasteiger partial charge >= 0.3 is 0 Å². The summed E-state index contributed by atoms with van der Waals surface area (Å²) in [5, 5.41) is 2.50. The van der Waals surface area contributed by atoms with Crippen LogP contribution in [0.25, 0.3) is 0 Å². The Kier molecular flexibility index (Phi) is 7.96. The second kappa shape index (κ2) is 10.0. The van der Waals surface area contributed by atoms with Crippen molar-refractivity contribution in [2.75, 3.05) is 20.2 Å². The standard InChI is InChI=1S/C19H25N3O6S2/c1-14-4-8-17(9-5-14)29(24,25)21-13-12-20-19(23)15(2)22-30(26,27)18-10-6-16(28-3)7-11-18/h4-11,15,21-22H,12-13H2,1-3H3,(H,20,23)/t15-/m0/s1. The van der Waals surface area contributed by atoms with E-state index in [4.69, 9.17) is 4.74 Å². The Labute approximate surface area is 176 Å². The normalized spacial score (nSPS) is 12.9. The molecule has 0 unspecified atom stereocenters. The van der Waals surface area contributed by atoms with Crippen molar-refractivity contribution in [1.82, 2.24) is 14.8 Å². The number of carbonyl (C=O) groups is 1. The molecule has 0 saturated heterocycles. The molecule has 2 rings (SSSR count). The number of nitrogens with one attached hydrogen (secondary N) is 3. The summed E-state index contributed by atoms with van der Waals surface area (Å²) in [4.78, 5) is 12.3. The molecule has 0 radical (unpaired) electrons. The molecule has 0 bridgehead atoms. The monoisotopic (exact) mass is 455 g/mol.